The summed E-state index contributed by atoms with van der Waals surface area (Å²) in [6.45, 7) is 1.85. The monoisotopic (exact) mass is 467 g/mol. The normalized spacial score (nSPS) is 18.5. The van der Waals surface area contributed by atoms with Gasteiger partial charge in [-0.05, 0) is 56.8 Å². The number of anilines is 3. The largest absolute Gasteiger partial charge is 0.489 e. The highest BCUT2D eigenvalue weighted by molar-refractivity contribution is 6.31. The second-order valence-corrected chi connectivity index (χ2v) is 8.58. The first-order valence-electron chi connectivity index (χ1n) is 10.8. The van der Waals surface area contributed by atoms with E-state index in [4.69, 9.17) is 16.3 Å². The van der Waals surface area contributed by atoms with Gasteiger partial charge in [-0.2, -0.15) is 0 Å². The number of rotatable bonds is 4. The van der Waals surface area contributed by atoms with Gasteiger partial charge < -0.3 is 15.0 Å². The Morgan fingerprint density at radius 2 is 2.15 bits per heavy atom. The molecule has 170 valence electrons. The summed E-state index contributed by atoms with van der Waals surface area (Å²) in [5, 5.41) is 3.82. The van der Waals surface area contributed by atoms with Gasteiger partial charge in [0.2, 0.25) is 0 Å². The van der Waals surface area contributed by atoms with E-state index in [1.165, 1.54) is 18.5 Å². The maximum atomic E-state index is 13.6. The summed E-state index contributed by atoms with van der Waals surface area (Å²) in [4.78, 5) is 25.8. The van der Waals surface area contributed by atoms with Crippen molar-refractivity contribution in [2.24, 2.45) is 0 Å². The molecular weight excluding hydrogens is 445 g/mol. The summed E-state index contributed by atoms with van der Waals surface area (Å²) in [7, 11) is 2.07. The van der Waals surface area contributed by atoms with Crippen LogP contribution in [-0.4, -0.2) is 53.6 Å². The number of nitrogens with one attached hydrogen (secondary N) is 1. The van der Waals surface area contributed by atoms with Gasteiger partial charge >= 0.3 is 0 Å². The first-order chi connectivity index (χ1) is 16.0. The molecule has 1 fully saturated rings. The average Bonchev–Trinajstić information content (AvgIpc) is 3.24. The van der Waals surface area contributed by atoms with Crippen molar-refractivity contribution < 1.29 is 13.9 Å². The lowest BCUT2D eigenvalue weighted by Crippen LogP contribution is -2.37. The van der Waals surface area contributed by atoms with E-state index in [2.05, 4.69) is 27.2 Å². The first-order valence-corrected chi connectivity index (χ1v) is 11.2. The number of benzene rings is 2. The topological polar surface area (TPSA) is 70.6 Å². The summed E-state index contributed by atoms with van der Waals surface area (Å²) >= 11 is 5.93. The van der Waals surface area contributed by atoms with Gasteiger partial charge in [0.1, 0.15) is 24.6 Å². The number of carbonyl (C=O) groups is 1. The molecular formula is C24H23ClFN5O2. The van der Waals surface area contributed by atoms with E-state index in [1.807, 2.05) is 18.2 Å². The van der Waals surface area contributed by atoms with Gasteiger partial charge in [0.05, 0.1) is 28.2 Å². The molecule has 1 amide bonds. The molecule has 2 aliphatic rings. The van der Waals surface area contributed by atoms with Crippen molar-refractivity contribution >= 4 is 45.6 Å². The van der Waals surface area contributed by atoms with Crippen LogP contribution < -0.4 is 15.0 Å². The molecule has 0 aliphatic carbocycles. The maximum absolute atomic E-state index is 13.6. The number of likely N-dealkylation sites (N-methyl/N-ethyl adjacent to an activating group) is 1. The Labute approximate surface area is 195 Å². The molecule has 3 aromatic rings. The highest BCUT2D eigenvalue weighted by Gasteiger charge is 2.27. The van der Waals surface area contributed by atoms with E-state index >= 15 is 0 Å². The first kappa shape index (κ1) is 21.6. The zero-order valence-corrected chi connectivity index (χ0v) is 18.8. The smallest absolute Gasteiger partial charge is 0.250 e. The summed E-state index contributed by atoms with van der Waals surface area (Å²) < 4.78 is 19.6. The molecule has 0 saturated carbocycles. The Bertz CT molecular complexity index is 1250. The third-order valence-corrected chi connectivity index (χ3v) is 6.36. The van der Waals surface area contributed by atoms with Gasteiger partial charge in [-0.25, -0.2) is 14.4 Å². The van der Waals surface area contributed by atoms with Crippen LogP contribution in [0.1, 0.15) is 12.8 Å². The van der Waals surface area contributed by atoms with Gasteiger partial charge in [-0.1, -0.05) is 17.7 Å². The molecule has 1 unspecified atom stereocenters. The molecule has 1 saturated heterocycles. The lowest BCUT2D eigenvalue weighted by atomic mass is 10.1. The molecule has 2 aromatic carbocycles. The maximum Gasteiger partial charge on any atom is 0.250 e. The Morgan fingerprint density at radius 1 is 1.27 bits per heavy atom. The number of aromatic nitrogens is 2. The van der Waals surface area contributed by atoms with E-state index < -0.39 is 5.82 Å². The lowest BCUT2D eigenvalue weighted by molar-refractivity contribution is -0.114. The number of carbonyl (C=O) groups excluding carboxylic acids is 1. The van der Waals surface area contributed by atoms with Crippen LogP contribution in [0.4, 0.5) is 21.6 Å². The van der Waals surface area contributed by atoms with Crippen LogP contribution in [0.5, 0.6) is 5.75 Å². The van der Waals surface area contributed by atoms with Crippen molar-refractivity contribution in [3.05, 3.63) is 59.7 Å². The number of hydrogen-bond acceptors (Lipinski definition) is 6. The number of fused-ring (bicyclic) bond motifs is 3. The number of amides is 1. The van der Waals surface area contributed by atoms with E-state index in [0.29, 0.717) is 47.0 Å². The molecule has 9 heteroatoms. The Hall–Kier alpha value is -3.23. The Kier molecular flexibility index (Phi) is 5.86. The number of nitrogens with zero attached hydrogens (tertiary/aromatic N) is 4. The van der Waals surface area contributed by atoms with Gasteiger partial charge in [0.25, 0.3) is 5.91 Å². The zero-order chi connectivity index (χ0) is 22.9. The fraction of sp³-hybridized carbons (Fsp3) is 0.292. The van der Waals surface area contributed by atoms with Crippen LogP contribution in [0.2, 0.25) is 5.02 Å². The van der Waals surface area contributed by atoms with Crippen LogP contribution in [0.15, 0.2) is 48.8 Å². The van der Waals surface area contributed by atoms with Gasteiger partial charge in [-0.15, -0.1) is 0 Å². The van der Waals surface area contributed by atoms with Gasteiger partial charge in [-0.3, -0.25) is 9.69 Å². The Morgan fingerprint density at radius 3 is 2.94 bits per heavy atom. The SMILES string of the molecule is CN1CCCC1/C=C/C(=O)N1CCOc2c1ccc1ncnc(Nc3ccc(F)c(Cl)c3)c21. The number of ether oxygens (including phenoxy) is 1. The molecule has 3 heterocycles. The van der Waals surface area contributed by atoms with E-state index in [-0.39, 0.29) is 17.0 Å². The third-order valence-electron chi connectivity index (χ3n) is 6.07. The second-order valence-electron chi connectivity index (χ2n) is 8.17. The van der Waals surface area contributed by atoms with Crippen LogP contribution >= 0.6 is 11.6 Å². The predicted octanol–water partition coefficient (Wildman–Crippen LogP) is 4.54. The highest BCUT2D eigenvalue weighted by atomic mass is 35.5. The Balaban J connectivity index is 1.50. The molecule has 0 bridgehead atoms. The minimum atomic E-state index is -0.499. The molecule has 2 aliphatic heterocycles. The minimum absolute atomic E-state index is 0.00751. The molecule has 0 radical (unpaired) electrons. The summed E-state index contributed by atoms with van der Waals surface area (Å²) in [6, 6.07) is 8.32. The van der Waals surface area contributed by atoms with Crippen molar-refractivity contribution in [3.63, 3.8) is 0 Å². The highest BCUT2D eigenvalue weighted by Crippen LogP contribution is 2.41. The fourth-order valence-electron chi connectivity index (χ4n) is 4.33. The molecule has 1 N–H and O–H groups in total. The van der Waals surface area contributed by atoms with Crippen molar-refractivity contribution in [2.75, 3.05) is 37.0 Å². The van der Waals surface area contributed by atoms with E-state index in [1.54, 1.807) is 17.0 Å². The van der Waals surface area contributed by atoms with Crippen molar-refractivity contribution in [1.29, 1.82) is 0 Å². The summed E-state index contributed by atoms with van der Waals surface area (Å²) in [6.07, 6.45) is 7.28. The minimum Gasteiger partial charge on any atom is -0.489 e. The molecule has 33 heavy (non-hydrogen) atoms. The second kappa shape index (κ2) is 8.96. The van der Waals surface area contributed by atoms with E-state index in [0.717, 1.165) is 19.4 Å². The lowest BCUT2D eigenvalue weighted by Gasteiger charge is -2.30. The summed E-state index contributed by atoms with van der Waals surface area (Å²) in [5.41, 5.74) is 1.90. The van der Waals surface area contributed by atoms with E-state index in [9.17, 15) is 9.18 Å². The van der Waals surface area contributed by atoms with Crippen molar-refractivity contribution in [1.82, 2.24) is 14.9 Å². The number of halogens is 2. The average molecular weight is 468 g/mol. The van der Waals surface area contributed by atoms with Crippen LogP contribution in [0.25, 0.3) is 10.9 Å². The quantitative estimate of drug-likeness (QED) is 0.568. The molecule has 1 atom stereocenters. The van der Waals surface area contributed by atoms with Gasteiger partial charge in [0, 0.05) is 17.8 Å². The van der Waals surface area contributed by atoms with Gasteiger partial charge in [0.15, 0.2) is 5.75 Å². The summed E-state index contributed by atoms with van der Waals surface area (Å²) in [5.74, 6) is 0.434. The van der Waals surface area contributed by atoms with Crippen molar-refractivity contribution in [3.8, 4) is 5.75 Å². The molecule has 1 aromatic heterocycles. The van der Waals surface area contributed by atoms with Crippen LogP contribution in [0, 0.1) is 5.82 Å². The van der Waals surface area contributed by atoms with Crippen LogP contribution in [-0.2, 0) is 4.79 Å². The molecule has 5 rings (SSSR count). The fourth-order valence-corrected chi connectivity index (χ4v) is 4.51. The number of likely N-dealkylation sites (tertiary alicyclic amines) is 1. The predicted molar refractivity (Wildman–Crippen MR) is 127 cm³/mol. The number of hydrogen-bond donors (Lipinski definition) is 1. The standard InChI is InChI=1S/C24H23ClFN5O2/c1-30-10-2-3-16(30)5-9-21(32)31-11-12-33-23-20(31)8-7-19-22(23)24(28-14-27-19)29-15-4-6-18(26)17(25)13-15/h4-9,13-14,16H,2-3,10-12H2,1H3,(H,27,28,29)/b9-5+. The van der Waals surface area contributed by atoms with Crippen LogP contribution in [0.3, 0.4) is 0 Å². The van der Waals surface area contributed by atoms with Crippen molar-refractivity contribution in [2.45, 2.75) is 18.9 Å². The molecule has 7 nitrogen and oxygen atoms in total. The third kappa shape index (κ3) is 4.24. The zero-order valence-electron chi connectivity index (χ0n) is 18.1. The molecule has 0 spiro atoms.